The van der Waals surface area contributed by atoms with E-state index in [1.807, 2.05) is 0 Å². The van der Waals surface area contributed by atoms with Crippen molar-refractivity contribution in [1.82, 2.24) is 10.6 Å². The normalized spacial score (nSPS) is 33.6. The summed E-state index contributed by atoms with van der Waals surface area (Å²) in [6, 6.07) is -0.558. The summed E-state index contributed by atoms with van der Waals surface area (Å²) in [6.45, 7) is 3.79. The van der Waals surface area contributed by atoms with Crippen LogP contribution >= 0.6 is 0 Å². The lowest BCUT2D eigenvalue weighted by Gasteiger charge is -2.28. The van der Waals surface area contributed by atoms with Gasteiger partial charge in [0.05, 0.1) is 12.0 Å². The van der Waals surface area contributed by atoms with Gasteiger partial charge in [-0.25, -0.2) is 4.79 Å². The Labute approximate surface area is 119 Å². The molecule has 3 N–H and O–H groups in total. The predicted molar refractivity (Wildman–Crippen MR) is 73.5 cm³/mol. The maximum atomic E-state index is 11.9. The van der Waals surface area contributed by atoms with E-state index in [-0.39, 0.29) is 12.1 Å². The van der Waals surface area contributed by atoms with Crippen molar-refractivity contribution in [2.45, 2.75) is 45.1 Å². The number of hydrogen-bond acceptors (Lipinski definition) is 3. The van der Waals surface area contributed by atoms with Gasteiger partial charge >= 0.3 is 12.0 Å². The number of ether oxygens (including phenoxy) is 1. The molecule has 1 heterocycles. The zero-order valence-electron chi connectivity index (χ0n) is 12.0. The molecule has 0 aromatic rings. The van der Waals surface area contributed by atoms with E-state index in [0.717, 1.165) is 32.3 Å². The summed E-state index contributed by atoms with van der Waals surface area (Å²) in [6.07, 6.45) is 4.28. The van der Waals surface area contributed by atoms with Crippen LogP contribution in [0.5, 0.6) is 0 Å². The highest BCUT2D eigenvalue weighted by Crippen LogP contribution is 2.38. The summed E-state index contributed by atoms with van der Waals surface area (Å²) < 4.78 is 5.36. The second kappa shape index (κ2) is 6.43. The lowest BCUT2D eigenvalue weighted by Crippen LogP contribution is -2.51. The van der Waals surface area contributed by atoms with Crippen molar-refractivity contribution in [3.05, 3.63) is 0 Å². The Morgan fingerprint density at radius 3 is 2.80 bits per heavy atom. The lowest BCUT2D eigenvalue weighted by atomic mass is 9.85. The molecule has 1 saturated heterocycles. The molecule has 2 fully saturated rings. The lowest BCUT2D eigenvalue weighted by molar-refractivity contribution is -0.148. The molecule has 0 spiro atoms. The summed E-state index contributed by atoms with van der Waals surface area (Å²) in [4.78, 5) is 23.2. The van der Waals surface area contributed by atoms with Gasteiger partial charge in [-0.05, 0) is 38.5 Å². The largest absolute Gasteiger partial charge is 0.481 e. The van der Waals surface area contributed by atoms with E-state index in [4.69, 9.17) is 4.74 Å². The Kier molecular flexibility index (Phi) is 4.86. The van der Waals surface area contributed by atoms with E-state index in [9.17, 15) is 14.7 Å². The fourth-order valence-electron chi connectivity index (χ4n) is 3.07. The molecule has 0 aromatic carbocycles. The molecule has 2 rings (SSSR count). The highest BCUT2D eigenvalue weighted by Gasteiger charge is 2.45. The minimum absolute atomic E-state index is 0.269. The van der Waals surface area contributed by atoms with Gasteiger partial charge in [-0.1, -0.05) is 6.42 Å². The predicted octanol–water partition coefficient (Wildman–Crippen LogP) is 1.36. The SMILES string of the molecule is CC1(C(=O)O)CCCC1NC(=O)NCC1CCCOC1. The van der Waals surface area contributed by atoms with E-state index < -0.39 is 11.4 Å². The number of carboxylic acids is 1. The first kappa shape index (κ1) is 15.1. The Hall–Kier alpha value is -1.30. The van der Waals surface area contributed by atoms with Crippen LogP contribution in [-0.2, 0) is 9.53 Å². The molecular weight excluding hydrogens is 260 g/mol. The summed E-state index contributed by atoms with van der Waals surface area (Å²) in [7, 11) is 0. The summed E-state index contributed by atoms with van der Waals surface area (Å²) in [5.41, 5.74) is -0.842. The number of carbonyl (C=O) groups excluding carboxylic acids is 1. The van der Waals surface area contributed by atoms with Gasteiger partial charge in [-0.15, -0.1) is 0 Å². The van der Waals surface area contributed by atoms with Crippen LogP contribution in [-0.4, -0.2) is 42.9 Å². The van der Waals surface area contributed by atoms with Crippen molar-refractivity contribution in [2.75, 3.05) is 19.8 Å². The summed E-state index contributed by atoms with van der Waals surface area (Å²) in [5.74, 6) is -0.468. The number of amides is 2. The van der Waals surface area contributed by atoms with Crippen LogP contribution in [0.3, 0.4) is 0 Å². The average molecular weight is 284 g/mol. The first-order chi connectivity index (χ1) is 9.52. The van der Waals surface area contributed by atoms with Gasteiger partial charge in [0.1, 0.15) is 0 Å². The Morgan fingerprint density at radius 2 is 2.15 bits per heavy atom. The highest BCUT2D eigenvalue weighted by atomic mass is 16.5. The number of carboxylic acid groups (broad SMARTS) is 1. The molecule has 2 amide bonds. The van der Waals surface area contributed by atoms with Gasteiger partial charge in [-0.2, -0.15) is 0 Å². The minimum atomic E-state index is -0.842. The highest BCUT2D eigenvalue weighted by molar-refractivity contribution is 5.79. The topological polar surface area (TPSA) is 87.7 Å². The molecule has 1 aliphatic heterocycles. The van der Waals surface area contributed by atoms with Gasteiger partial charge in [0.25, 0.3) is 0 Å². The van der Waals surface area contributed by atoms with Crippen molar-refractivity contribution in [2.24, 2.45) is 11.3 Å². The van der Waals surface area contributed by atoms with Crippen molar-refractivity contribution in [1.29, 1.82) is 0 Å². The van der Waals surface area contributed by atoms with E-state index in [1.54, 1.807) is 6.92 Å². The second-order valence-electron chi connectivity index (χ2n) is 6.10. The molecular formula is C14H24N2O4. The Morgan fingerprint density at radius 1 is 1.35 bits per heavy atom. The van der Waals surface area contributed by atoms with Crippen LogP contribution in [0.2, 0.25) is 0 Å². The maximum Gasteiger partial charge on any atom is 0.315 e. The number of nitrogens with one attached hydrogen (secondary N) is 2. The molecule has 114 valence electrons. The quantitative estimate of drug-likeness (QED) is 0.727. The molecule has 3 unspecified atom stereocenters. The zero-order chi connectivity index (χ0) is 14.6. The van der Waals surface area contributed by atoms with E-state index in [0.29, 0.717) is 25.5 Å². The number of carbonyl (C=O) groups is 2. The van der Waals surface area contributed by atoms with Crippen LogP contribution < -0.4 is 10.6 Å². The fourth-order valence-corrected chi connectivity index (χ4v) is 3.07. The van der Waals surface area contributed by atoms with Crippen LogP contribution in [0.15, 0.2) is 0 Å². The molecule has 2 aliphatic rings. The second-order valence-corrected chi connectivity index (χ2v) is 6.10. The third-order valence-electron chi connectivity index (χ3n) is 4.56. The van der Waals surface area contributed by atoms with Crippen LogP contribution in [0, 0.1) is 11.3 Å². The van der Waals surface area contributed by atoms with Gasteiger partial charge in [-0.3, -0.25) is 4.79 Å². The van der Waals surface area contributed by atoms with Crippen molar-refractivity contribution in [3.8, 4) is 0 Å². The third kappa shape index (κ3) is 3.42. The van der Waals surface area contributed by atoms with Gasteiger partial charge in [0, 0.05) is 19.2 Å². The van der Waals surface area contributed by atoms with Crippen molar-refractivity contribution < 1.29 is 19.4 Å². The molecule has 0 radical (unpaired) electrons. The van der Waals surface area contributed by atoms with Gasteiger partial charge < -0.3 is 20.5 Å². The number of urea groups is 1. The van der Waals surface area contributed by atoms with Crippen LogP contribution in [0.25, 0.3) is 0 Å². The van der Waals surface area contributed by atoms with Gasteiger partial charge in [0.15, 0.2) is 0 Å². The molecule has 3 atom stereocenters. The molecule has 1 aliphatic carbocycles. The van der Waals surface area contributed by atoms with Crippen LogP contribution in [0.1, 0.15) is 39.0 Å². The number of hydrogen-bond donors (Lipinski definition) is 3. The minimum Gasteiger partial charge on any atom is -0.481 e. The number of aliphatic carboxylic acids is 1. The molecule has 0 aromatic heterocycles. The van der Waals surface area contributed by atoms with Crippen LogP contribution in [0.4, 0.5) is 4.79 Å². The van der Waals surface area contributed by atoms with E-state index >= 15 is 0 Å². The first-order valence-corrected chi connectivity index (χ1v) is 7.38. The first-order valence-electron chi connectivity index (χ1n) is 7.38. The molecule has 6 heteroatoms. The fraction of sp³-hybridized carbons (Fsp3) is 0.857. The molecule has 20 heavy (non-hydrogen) atoms. The van der Waals surface area contributed by atoms with Gasteiger partial charge in [0.2, 0.25) is 0 Å². The number of rotatable bonds is 4. The molecule has 1 saturated carbocycles. The maximum absolute atomic E-state index is 11.9. The average Bonchev–Trinajstić information content (AvgIpc) is 2.80. The summed E-state index contributed by atoms with van der Waals surface area (Å²) in [5, 5.41) is 15.0. The monoisotopic (exact) mass is 284 g/mol. The van der Waals surface area contributed by atoms with Crippen molar-refractivity contribution in [3.63, 3.8) is 0 Å². The Bertz CT molecular complexity index is 368. The van der Waals surface area contributed by atoms with Crippen molar-refractivity contribution >= 4 is 12.0 Å². The zero-order valence-corrected chi connectivity index (χ0v) is 12.0. The third-order valence-corrected chi connectivity index (χ3v) is 4.56. The molecule has 0 bridgehead atoms. The summed E-state index contributed by atoms with van der Waals surface area (Å²) >= 11 is 0. The Balaban J connectivity index is 1.77. The molecule has 6 nitrogen and oxygen atoms in total. The van der Waals surface area contributed by atoms with E-state index in [2.05, 4.69) is 10.6 Å². The standard InChI is InChI=1S/C14H24N2O4/c1-14(12(17)18)6-2-5-11(14)16-13(19)15-8-10-4-3-7-20-9-10/h10-11H,2-9H2,1H3,(H,17,18)(H2,15,16,19). The van der Waals surface area contributed by atoms with E-state index in [1.165, 1.54) is 0 Å². The smallest absolute Gasteiger partial charge is 0.315 e.